The van der Waals surface area contributed by atoms with Gasteiger partial charge in [0.1, 0.15) is 5.76 Å². The van der Waals surface area contributed by atoms with Crippen LogP contribution in [0.3, 0.4) is 0 Å². The lowest BCUT2D eigenvalue weighted by molar-refractivity contribution is 0.0914. The van der Waals surface area contributed by atoms with Crippen LogP contribution in [0.1, 0.15) is 48.3 Å². The molecule has 3 aromatic rings. The van der Waals surface area contributed by atoms with Crippen molar-refractivity contribution in [3.05, 3.63) is 84.3 Å². The zero-order chi connectivity index (χ0) is 24.0. The van der Waals surface area contributed by atoms with Gasteiger partial charge in [-0.1, -0.05) is 30.7 Å². The van der Waals surface area contributed by atoms with E-state index >= 15 is 0 Å². The second kappa shape index (κ2) is 10.9. The van der Waals surface area contributed by atoms with E-state index < -0.39 is 10.0 Å². The number of anilines is 1. The summed E-state index contributed by atoms with van der Waals surface area (Å²) in [6.45, 7) is 4.37. The van der Waals surface area contributed by atoms with Crippen LogP contribution in [0.5, 0.6) is 0 Å². The van der Waals surface area contributed by atoms with Crippen LogP contribution in [0.15, 0.2) is 82.3 Å². The maximum atomic E-state index is 13.3. The maximum absolute atomic E-state index is 13.3. The minimum atomic E-state index is -3.81. The van der Waals surface area contributed by atoms with Crippen molar-refractivity contribution < 1.29 is 17.6 Å². The lowest BCUT2D eigenvalue weighted by Gasteiger charge is -2.33. The third-order valence-electron chi connectivity index (χ3n) is 6.17. The number of nitrogens with one attached hydrogen (secondary N) is 1. The van der Waals surface area contributed by atoms with Crippen LogP contribution in [0.2, 0.25) is 0 Å². The minimum absolute atomic E-state index is 0.0557. The number of hydrogen-bond donors (Lipinski definition) is 1. The molecule has 0 spiro atoms. The average Bonchev–Trinajstić information content (AvgIpc) is 3.40. The van der Waals surface area contributed by atoms with Gasteiger partial charge in [0.2, 0.25) is 0 Å². The monoisotopic (exact) mass is 481 g/mol. The summed E-state index contributed by atoms with van der Waals surface area (Å²) in [5, 5.41) is 2.99. The Kier molecular flexibility index (Phi) is 7.70. The Morgan fingerprint density at radius 3 is 2.47 bits per heavy atom. The van der Waals surface area contributed by atoms with Gasteiger partial charge in [-0.3, -0.25) is 14.0 Å². The van der Waals surface area contributed by atoms with Gasteiger partial charge in [-0.25, -0.2) is 8.42 Å². The van der Waals surface area contributed by atoms with Gasteiger partial charge in [0.15, 0.2) is 0 Å². The van der Waals surface area contributed by atoms with E-state index in [9.17, 15) is 13.2 Å². The number of likely N-dealkylation sites (tertiary alicyclic amines) is 1. The van der Waals surface area contributed by atoms with E-state index in [4.69, 9.17) is 4.42 Å². The van der Waals surface area contributed by atoms with E-state index in [2.05, 4.69) is 10.2 Å². The van der Waals surface area contributed by atoms with E-state index in [0.717, 1.165) is 31.7 Å². The molecule has 0 bridgehead atoms. The summed E-state index contributed by atoms with van der Waals surface area (Å²) in [6, 6.07) is 18.9. The second-order valence-corrected chi connectivity index (χ2v) is 10.2. The molecule has 34 heavy (non-hydrogen) atoms. The average molecular weight is 482 g/mol. The van der Waals surface area contributed by atoms with E-state index in [1.807, 2.05) is 18.2 Å². The fourth-order valence-electron chi connectivity index (χ4n) is 4.42. The van der Waals surface area contributed by atoms with E-state index in [-0.39, 0.29) is 23.4 Å². The second-order valence-electron chi connectivity index (χ2n) is 8.37. The highest BCUT2D eigenvalue weighted by Crippen LogP contribution is 2.26. The van der Waals surface area contributed by atoms with Gasteiger partial charge in [0, 0.05) is 18.7 Å². The van der Waals surface area contributed by atoms with Gasteiger partial charge >= 0.3 is 0 Å². The summed E-state index contributed by atoms with van der Waals surface area (Å²) in [4.78, 5) is 15.4. The van der Waals surface area contributed by atoms with Gasteiger partial charge in [-0.15, -0.1) is 0 Å². The number of benzene rings is 2. The summed E-state index contributed by atoms with van der Waals surface area (Å²) in [5.41, 5.74) is 0.893. The number of sulfonamides is 1. The standard InChI is InChI=1S/C26H31N3O4S/c1-2-29(22-12-5-3-6-13-22)34(31,32)23-14-9-11-21(19-23)26(30)27-20-24(25-15-10-18-33-25)28-16-7-4-8-17-28/h3,5-6,9-15,18-19,24H,2,4,7-8,16-17,20H2,1H3,(H,27,30). The van der Waals surface area contributed by atoms with Crippen LogP contribution in [0.4, 0.5) is 5.69 Å². The fraction of sp³-hybridized carbons (Fsp3) is 0.346. The zero-order valence-corrected chi connectivity index (χ0v) is 20.2. The first-order valence-electron chi connectivity index (χ1n) is 11.7. The van der Waals surface area contributed by atoms with Crippen molar-refractivity contribution in [2.24, 2.45) is 0 Å². The molecule has 1 atom stereocenters. The Bertz CT molecular complexity index is 1170. The first-order valence-corrected chi connectivity index (χ1v) is 13.2. The number of furan rings is 1. The van der Waals surface area contributed by atoms with Gasteiger partial charge in [0.05, 0.1) is 22.9 Å². The Hall–Kier alpha value is -3.10. The molecule has 0 saturated carbocycles. The summed E-state index contributed by atoms with van der Waals surface area (Å²) >= 11 is 0. The van der Waals surface area contributed by atoms with Crippen LogP contribution < -0.4 is 9.62 Å². The smallest absolute Gasteiger partial charge is 0.264 e. The third kappa shape index (κ3) is 5.34. The number of piperidine rings is 1. The molecule has 1 unspecified atom stereocenters. The highest BCUT2D eigenvalue weighted by molar-refractivity contribution is 7.92. The van der Waals surface area contributed by atoms with E-state index in [0.29, 0.717) is 17.8 Å². The van der Waals surface area contributed by atoms with Crippen LogP contribution >= 0.6 is 0 Å². The molecular weight excluding hydrogens is 450 g/mol. The molecule has 1 amide bonds. The number of nitrogens with zero attached hydrogens (tertiary/aromatic N) is 2. The Morgan fingerprint density at radius 1 is 1.03 bits per heavy atom. The molecule has 1 saturated heterocycles. The molecule has 7 nitrogen and oxygen atoms in total. The Balaban J connectivity index is 1.51. The quantitative estimate of drug-likeness (QED) is 0.488. The molecule has 1 aromatic heterocycles. The number of rotatable bonds is 9. The molecule has 4 rings (SSSR count). The largest absolute Gasteiger partial charge is 0.468 e. The molecule has 1 fully saturated rings. The summed E-state index contributed by atoms with van der Waals surface area (Å²) in [5.74, 6) is 0.508. The minimum Gasteiger partial charge on any atom is -0.468 e. The molecule has 0 aliphatic carbocycles. The zero-order valence-electron chi connectivity index (χ0n) is 19.4. The molecule has 180 valence electrons. The first kappa shape index (κ1) is 24.0. The number of hydrogen-bond acceptors (Lipinski definition) is 5. The molecule has 2 aromatic carbocycles. The topological polar surface area (TPSA) is 82.9 Å². The molecule has 1 N–H and O–H groups in total. The first-order chi connectivity index (χ1) is 16.5. The van der Waals surface area contributed by atoms with Crippen LogP contribution in [-0.4, -0.2) is 45.4 Å². The maximum Gasteiger partial charge on any atom is 0.264 e. The van der Waals surface area contributed by atoms with Crippen molar-refractivity contribution in [2.75, 3.05) is 30.5 Å². The van der Waals surface area contributed by atoms with Gasteiger partial charge in [-0.05, 0) is 75.3 Å². The number of amides is 1. The van der Waals surface area contributed by atoms with Gasteiger partial charge in [-0.2, -0.15) is 0 Å². The number of carbonyl (C=O) groups excluding carboxylic acids is 1. The van der Waals surface area contributed by atoms with Crippen molar-refractivity contribution in [2.45, 2.75) is 37.1 Å². The SMILES string of the molecule is CCN(c1ccccc1)S(=O)(=O)c1cccc(C(=O)NCC(c2ccco2)N2CCCCC2)c1. The van der Waals surface area contributed by atoms with Gasteiger partial charge in [0.25, 0.3) is 15.9 Å². The third-order valence-corrected chi connectivity index (χ3v) is 8.07. The molecule has 8 heteroatoms. The lowest BCUT2D eigenvalue weighted by atomic mass is 10.1. The lowest BCUT2D eigenvalue weighted by Crippen LogP contribution is -2.40. The predicted octanol–water partition coefficient (Wildman–Crippen LogP) is 4.45. The van der Waals surface area contributed by atoms with Crippen molar-refractivity contribution in [1.29, 1.82) is 0 Å². The van der Waals surface area contributed by atoms with Crippen LogP contribution in [-0.2, 0) is 10.0 Å². The van der Waals surface area contributed by atoms with Crippen molar-refractivity contribution in [3.63, 3.8) is 0 Å². The highest BCUT2D eigenvalue weighted by atomic mass is 32.2. The fourth-order valence-corrected chi connectivity index (χ4v) is 5.94. The van der Waals surface area contributed by atoms with Crippen LogP contribution in [0, 0.1) is 0 Å². The molecule has 1 aliphatic rings. The van der Waals surface area contributed by atoms with Crippen molar-refractivity contribution in [1.82, 2.24) is 10.2 Å². The van der Waals surface area contributed by atoms with Crippen LogP contribution in [0.25, 0.3) is 0 Å². The van der Waals surface area contributed by atoms with Crippen molar-refractivity contribution in [3.8, 4) is 0 Å². The molecule has 0 radical (unpaired) electrons. The molecule has 1 aliphatic heterocycles. The highest BCUT2D eigenvalue weighted by Gasteiger charge is 2.27. The van der Waals surface area contributed by atoms with E-state index in [1.54, 1.807) is 49.6 Å². The Morgan fingerprint density at radius 2 is 1.79 bits per heavy atom. The predicted molar refractivity (Wildman–Crippen MR) is 132 cm³/mol. The summed E-state index contributed by atoms with van der Waals surface area (Å²) < 4.78 is 33.7. The molecular formula is C26H31N3O4S. The van der Waals surface area contributed by atoms with Gasteiger partial charge < -0.3 is 9.73 Å². The number of carbonyl (C=O) groups is 1. The number of para-hydroxylation sites is 1. The van der Waals surface area contributed by atoms with Crippen molar-refractivity contribution >= 4 is 21.6 Å². The normalized spacial score (nSPS) is 15.6. The summed E-state index contributed by atoms with van der Waals surface area (Å²) in [7, 11) is -3.81. The molecule has 2 heterocycles. The Labute approximate surface area is 201 Å². The summed E-state index contributed by atoms with van der Waals surface area (Å²) in [6.07, 6.45) is 5.11. The van der Waals surface area contributed by atoms with E-state index in [1.165, 1.54) is 22.9 Å².